The summed E-state index contributed by atoms with van der Waals surface area (Å²) in [5.74, 6) is -0.404. The maximum absolute atomic E-state index is 12.8. The number of hydrogen-bond acceptors (Lipinski definition) is 4. The van der Waals surface area contributed by atoms with Gasteiger partial charge in [0.15, 0.2) is 0 Å². The van der Waals surface area contributed by atoms with E-state index in [-0.39, 0.29) is 0 Å². The molecule has 0 aliphatic heterocycles. The SMILES string of the molecule is Cc1cc(C)cc(C(Cc2ccncc2)(NCc2ccncc2)C(N)=O)c1. The van der Waals surface area contributed by atoms with Gasteiger partial charge in [0, 0.05) is 37.8 Å². The van der Waals surface area contributed by atoms with Crippen molar-refractivity contribution in [3.05, 3.63) is 95.1 Å². The summed E-state index contributed by atoms with van der Waals surface area (Å²) in [6.07, 6.45) is 7.38. The minimum atomic E-state index is -1.03. The van der Waals surface area contributed by atoms with Gasteiger partial charge in [-0.15, -0.1) is 0 Å². The summed E-state index contributed by atoms with van der Waals surface area (Å²) in [6, 6.07) is 13.8. The lowest BCUT2D eigenvalue weighted by Gasteiger charge is -2.33. The summed E-state index contributed by atoms with van der Waals surface area (Å²) in [5.41, 5.74) is 10.0. The predicted octanol–water partition coefficient (Wildman–Crippen LogP) is 2.81. The summed E-state index contributed by atoms with van der Waals surface area (Å²) in [7, 11) is 0. The molecule has 1 unspecified atom stereocenters. The number of carbonyl (C=O) groups is 1. The summed E-state index contributed by atoms with van der Waals surface area (Å²) < 4.78 is 0. The van der Waals surface area contributed by atoms with E-state index in [2.05, 4.69) is 21.4 Å². The predicted molar refractivity (Wildman–Crippen MR) is 106 cm³/mol. The molecule has 3 rings (SSSR count). The number of nitrogens with two attached hydrogens (primary N) is 1. The number of aromatic nitrogens is 2. The summed E-state index contributed by atoms with van der Waals surface area (Å²) in [6.45, 7) is 4.55. The number of amides is 1. The lowest BCUT2D eigenvalue weighted by Crippen LogP contribution is -2.54. The van der Waals surface area contributed by atoms with Crippen molar-refractivity contribution in [3.8, 4) is 0 Å². The molecule has 1 aromatic carbocycles. The van der Waals surface area contributed by atoms with Crippen LogP contribution in [0.25, 0.3) is 0 Å². The maximum atomic E-state index is 12.8. The van der Waals surface area contributed by atoms with E-state index in [1.165, 1.54) is 0 Å². The Morgan fingerprint density at radius 1 is 0.926 bits per heavy atom. The molecule has 2 aromatic heterocycles. The van der Waals surface area contributed by atoms with E-state index in [0.717, 1.165) is 27.8 Å². The Morgan fingerprint density at radius 2 is 1.44 bits per heavy atom. The van der Waals surface area contributed by atoms with Crippen LogP contribution in [-0.2, 0) is 23.3 Å². The van der Waals surface area contributed by atoms with Crippen LogP contribution in [0.5, 0.6) is 0 Å². The van der Waals surface area contributed by atoms with Crippen molar-refractivity contribution < 1.29 is 4.79 Å². The van der Waals surface area contributed by atoms with Crippen LogP contribution in [-0.4, -0.2) is 15.9 Å². The van der Waals surface area contributed by atoms with Crippen LogP contribution in [0, 0.1) is 13.8 Å². The van der Waals surface area contributed by atoms with E-state index in [4.69, 9.17) is 5.73 Å². The standard InChI is InChI=1S/C22H24N4O/c1-16-11-17(2)13-20(12-16)22(21(23)27,14-18-3-7-24-8-4-18)26-15-19-5-9-25-10-6-19/h3-13,26H,14-15H2,1-2H3,(H2,23,27). The van der Waals surface area contributed by atoms with Crippen molar-refractivity contribution in [2.24, 2.45) is 5.73 Å². The first-order valence-electron chi connectivity index (χ1n) is 8.91. The molecule has 1 amide bonds. The number of aryl methyl sites for hydroxylation is 2. The van der Waals surface area contributed by atoms with Crippen LogP contribution in [0.2, 0.25) is 0 Å². The lowest BCUT2D eigenvalue weighted by molar-refractivity contribution is -0.125. The molecule has 0 bridgehead atoms. The average Bonchev–Trinajstić information content (AvgIpc) is 2.66. The van der Waals surface area contributed by atoms with Gasteiger partial charge in [0.05, 0.1) is 0 Å². The molecular formula is C22H24N4O. The smallest absolute Gasteiger partial charge is 0.242 e. The van der Waals surface area contributed by atoms with Gasteiger partial charge >= 0.3 is 0 Å². The van der Waals surface area contributed by atoms with E-state index < -0.39 is 11.4 Å². The van der Waals surface area contributed by atoms with E-state index >= 15 is 0 Å². The summed E-state index contributed by atoms with van der Waals surface area (Å²) >= 11 is 0. The van der Waals surface area contributed by atoms with Crippen molar-refractivity contribution in [1.82, 2.24) is 15.3 Å². The third-order valence-corrected chi connectivity index (χ3v) is 4.70. The largest absolute Gasteiger partial charge is 0.368 e. The molecule has 3 N–H and O–H groups in total. The number of rotatable bonds is 7. The zero-order chi connectivity index (χ0) is 19.3. The molecule has 3 aromatic rings. The van der Waals surface area contributed by atoms with Crippen molar-refractivity contribution >= 4 is 5.91 Å². The van der Waals surface area contributed by atoms with E-state index in [9.17, 15) is 4.79 Å². The molecule has 0 aliphatic rings. The number of carbonyl (C=O) groups excluding carboxylic acids is 1. The third-order valence-electron chi connectivity index (χ3n) is 4.70. The maximum Gasteiger partial charge on any atom is 0.242 e. The van der Waals surface area contributed by atoms with Gasteiger partial charge in [0.25, 0.3) is 0 Å². The van der Waals surface area contributed by atoms with Gasteiger partial charge < -0.3 is 5.73 Å². The van der Waals surface area contributed by atoms with Gasteiger partial charge in [0.2, 0.25) is 5.91 Å². The van der Waals surface area contributed by atoms with Crippen LogP contribution in [0.3, 0.4) is 0 Å². The van der Waals surface area contributed by atoms with Gasteiger partial charge in [-0.3, -0.25) is 20.1 Å². The van der Waals surface area contributed by atoms with E-state index in [0.29, 0.717) is 13.0 Å². The highest BCUT2D eigenvalue weighted by Gasteiger charge is 2.38. The lowest BCUT2D eigenvalue weighted by atomic mass is 9.81. The normalized spacial score (nSPS) is 13.1. The topological polar surface area (TPSA) is 80.9 Å². The average molecular weight is 360 g/mol. The van der Waals surface area contributed by atoms with Gasteiger partial charge in [-0.25, -0.2) is 0 Å². The monoisotopic (exact) mass is 360 g/mol. The molecule has 0 spiro atoms. The molecule has 0 saturated heterocycles. The zero-order valence-electron chi connectivity index (χ0n) is 15.6. The quantitative estimate of drug-likeness (QED) is 0.679. The molecular weight excluding hydrogens is 336 g/mol. The molecule has 2 heterocycles. The van der Waals surface area contributed by atoms with E-state index in [1.807, 2.05) is 50.2 Å². The Hall–Kier alpha value is -3.05. The highest BCUT2D eigenvalue weighted by atomic mass is 16.1. The number of nitrogens with one attached hydrogen (secondary N) is 1. The van der Waals surface area contributed by atoms with Crippen LogP contribution in [0.1, 0.15) is 27.8 Å². The molecule has 0 radical (unpaired) electrons. The van der Waals surface area contributed by atoms with Crippen molar-refractivity contribution in [2.75, 3.05) is 0 Å². The zero-order valence-corrected chi connectivity index (χ0v) is 15.6. The minimum Gasteiger partial charge on any atom is -0.368 e. The Kier molecular flexibility index (Phi) is 5.62. The molecule has 0 aliphatic carbocycles. The molecule has 5 nitrogen and oxygen atoms in total. The summed E-state index contributed by atoms with van der Waals surface area (Å²) in [5, 5.41) is 3.45. The number of pyridine rings is 2. The Morgan fingerprint density at radius 3 is 1.96 bits per heavy atom. The van der Waals surface area contributed by atoms with Gasteiger partial charge in [0.1, 0.15) is 5.54 Å². The van der Waals surface area contributed by atoms with Crippen LogP contribution in [0.4, 0.5) is 0 Å². The van der Waals surface area contributed by atoms with Crippen LogP contribution < -0.4 is 11.1 Å². The van der Waals surface area contributed by atoms with Crippen LogP contribution >= 0.6 is 0 Å². The second-order valence-corrected chi connectivity index (χ2v) is 6.89. The molecule has 5 heteroatoms. The molecule has 138 valence electrons. The Bertz CT molecular complexity index is 892. The van der Waals surface area contributed by atoms with Crippen molar-refractivity contribution in [3.63, 3.8) is 0 Å². The number of benzene rings is 1. The first kappa shape index (κ1) is 18.7. The highest BCUT2D eigenvalue weighted by molar-refractivity contribution is 5.86. The molecule has 0 saturated carbocycles. The number of nitrogens with zero attached hydrogens (tertiary/aromatic N) is 2. The third kappa shape index (κ3) is 4.38. The fourth-order valence-electron chi connectivity index (χ4n) is 3.36. The second kappa shape index (κ2) is 8.10. The van der Waals surface area contributed by atoms with Gasteiger partial charge in [-0.05, 0) is 54.8 Å². The Balaban J connectivity index is 2.05. The first-order chi connectivity index (χ1) is 13.0. The molecule has 0 fully saturated rings. The highest BCUT2D eigenvalue weighted by Crippen LogP contribution is 2.28. The summed E-state index contributed by atoms with van der Waals surface area (Å²) in [4.78, 5) is 20.9. The fraction of sp³-hybridized carbons (Fsp3) is 0.227. The first-order valence-corrected chi connectivity index (χ1v) is 8.91. The van der Waals surface area contributed by atoms with Gasteiger partial charge in [-0.2, -0.15) is 0 Å². The molecule has 1 atom stereocenters. The second-order valence-electron chi connectivity index (χ2n) is 6.89. The number of hydrogen-bond donors (Lipinski definition) is 2. The van der Waals surface area contributed by atoms with Crippen molar-refractivity contribution in [1.29, 1.82) is 0 Å². The fourth-order valence-corrected chi connectivity index (χ4v) is 3.36. The van der Waals surface area contributed by atoms with Crippen LogP contribution in [0.15, 0.2) is 67.3 Å². The van der Waals surface area contributed by atoms with E-state index in [1.54, 1.807) is 24.8 Å². The number of primary amides is 1. The Labute approximate surface area is 159 Å². The minimum absolute atomic E-state index is 0.404. The molecule has 27 heavy (non-hydrogen) atoms. The van der Waals surface area contributed by atoms with Crippen molar-refractivity contribution in [2.45, 2.75) is 32.4 Å². The van der Waals surface area contributed by atoms with Gasteiger partial charge in [-0.1, -0.05) is 29.3 Å².